The number of fused-ring (bicyclic) bond motifs is 1. The van der Waals surface area contributed by atoms with Gasteiger partial charge in [0.05, 0.1) is 6.61 Å². The minimum atomic E-state index is 0.646. The van der Waals surface area contributed by atoms with Crippen LogP contribution >= 0.6 is 0 Å². The zero-order valence-corrected chi connectivity index (χ0v) is 11.0. The quantitative estimate of drug-likeness (QED) is 0.886. The lowest BCUT2D eigenvalue weighted by Gasteiger charge is -2.23. The van der Waals surface area contributed by atoms with Crippen molar-refractivity contribution in [2.24, 2.45) is 0 Å². The van der Waals surface area contributed by atoms with Crippen molar-refractivity contribution >= 4 is 0 Å². The second-order valence-electron chi connectivity index (χ2n) is 5.39. The first-order chi connectivity index (χ1) is 8.92. The van der Waals surface area contributed by atoms with Crippen molar-refractivity contribution in [3.63, 3.8) is 0 Å². The van der Waals surface area contributed by atoms with Gasteiger partial charge in [-0.15, -0.1) is 0 Å². The monoisotopic (exact) mass is 246 g/mol. The number of aromatic nitrogens is 1. The van der Waals surface area contributed by atoms with Crippen LogP contribution in [-0.4, -0.2) is 24.2 Å². The predicted octanol–water partition coefficient (Wildman–Crippen LogP) is 2.48. The molecule has 3 heteroatoms. The van der Waals surface area contributed by atoms with Crippen LogP contribution in [0.1, 0.15) is 43.4 Å². The van der Waals surface area contributed by atoms with Crippen LogP contribution in [0.3, 0.4) is 0 Å². The van der Waals surface area contributed by atoms with Crippen LogP contribution in [0, 0.1) is 0 Å². The van der Waals surface area contributed by atoms with Gasteiger partial charge in [-0.1, -0.05) is 12.5 Å². The van der Waals surface area contributed by atoms with Crippen molar-refractivity contribution < 1.29 is 4.74 Å². The summed E-state index contributed by atoms with van der Waals surface area (Å²) in [5.74, 6) is 0.812. The molecule has 1 aliphatic carbocycles. The van der Waals surface area contributed by atoms with Crippen molar-refractivity contribution in [3.8, 4) is 5.88 Å². The van der Waals surface area contributed by atoms with E-state index in [1.54, 1.807) is 0 Å². The van der Waals surface area contributed by atoms with Gasteiger partial charge in [-0.05, 0) is 50.6 Å². The summed E-state index contributed by atoms with van der Waals surface area (Å²) in [7, 11) is 0. The SMILES string of the molecule is c1cc2c(nc1OCCC1CCCCN1)CCC2. The molecule has 3 nitrogen and oxygen atoms in total. The van der Waals surface area contributed by atoms with Crippen molar-refractivity contribution in [3.05, 3.63) is 23.4 Å². The largest absolute Gasteiger partial charge is 0.478 e. The summed E-state index contributed by atoms with van der Waals surface area (Å²) in [5, 5.41) is 3.55. The van der Waals surface area contributed by atoms with Crippen LogP contribution in [0.2, 0.25) is 0 Å². The van der Waals surface area contributed by atoms with E-state index in [1.807, 2.05) is 6.07 Å². The fraction of sp³-hybridized carbons (Fsp3) is 0.667. The Morgan fingerprint density at radius 3 is 3.11 bits per heavy atom. The molecule has 2 heterocycles. The molecule has 0 bridgehead atoms. The summed E-state index contributed by atoms with van der Waals surface area (Å²) in [6, 6.07) is 4.86. The summed E-state index contributed by atoms with van der Waals surface area (Å²) >= 11 is 0. The fourth-order valence-electron chi connectivity index (χ4n) is 2.96. The standard InChI is InChI=1S/C15H22N2O/c1-2-10-16-13(5-1)9-11-18-15-8-7-12-4-3-6-14(12)17-15/h7-8,13,16H,1-6,9-11H2. The highest BCUT2D eigenvalue weighted by Crippen LogP contribution is 2.22. The molecule has 0 spiro atoms. The van der Waals surface area contributed by atoms with Crippen LogP contribution in [0.25, 0.3) is 0 Å². The first kappa shape index (κ1) is 12.0. The Kier molecular flexibility index (Phi) is 3.79. The number of ether oxygens (including phenoxy) is 1. The van der Waals surface area contributed by atoms with Gasteiger partial charge in [0.2, 0.25) is 5.88 Å². The molecule has 0 aromatic carbocycles. The van der Waals surface area contributed by atoms with E-state index in [2.05, 4.69) is 16.4 Å². The zero-order chi connectivity index (χ0) is 12.2. The van der Waals surface area contributed by atoms with Crippen molar-refractivity contribution in [1.29, 1.82) is 0 Å². The van der Waals surface area contributed by atoms with Gasteiger partial charge in [-0.3, -0.25) is 0 Å². The Hall–Kier alpha value is -1.09. The molecule has 2 aliphatic rings. The van der Waals surface area contributed by atoms with Crippen LogP contribution in [0.15, 0.2) is 12.1 Å². The number of pyridine rings is 1. The average molecular weight is 246 g/mol. The Labute approximate surface area is 109 Å². The molecule has 1 unspecified atom stereocenters. The maximum atomic E-state index is 5.78. The molecule has 1 aliphatic heterocycles. The minimum Gasteiger partial charge on any atom is -0.478 e. The first-order valence-corrected chi connectivity index (χ1v) is 7.27. The van der Waals surface area contributed by atoms with E-state index in [9.17, 15) is 0 Å². The van der Waals surface area contributed by atoms with Gasteiger partial charge in [-0.2, -0.15) is 0 Å². The third-order valence-electron chi connectivity index (χ3n) is 4.03. The van der Waals surface area contributed by atoms with Crippen LogP contribution < -0.4 is 10.1 Å². The number of nitrogens with one attached hydrogen (secondary N) is 1. The topological polar surface area (TPSA) is 34.1 Å². The summed E-state index contributed by atoms with van der Waals surface area (Å²) < 4.78 is 5.78. The van der Waals surface area contributed by atoms with Gasteiger partial charge in [0, 0.05) is 17.8 Å². The lowest BCUT2D eigenvalue weighted by molar-refractivity contribution is 0.260. The Morgan fingerprint density at radius 2 is 2.22 bits per heavy atom. The van der Waals surface area contributed by atoms with E-state index in [4.69, 9.17) is 4.74 Å². The highest BCUT2D eigenvalue weighted by molar-refractivity contribution is 5.29. The van der Waals surface area contributed by atoms with E-state index in [0.29, 0.717) is 6.04 Å². The summed E-state index contributed by atoms with van der Waals surface area (Å²) in [5.41, 5.74) is 2.67. The fourth-order valence-corrected chi connectivity index (χ4v) is 2.96. The van der Waals surface area contributed by atoms with Gasteiger partial charge < -0.3 is 10.1 Å². The highest BCUT2D eigenvalue weighted by Gasteiger charge is 2.14. The average Bonchev–Trinajstić information content (AvgIpc) is 2.87. The van der Waals surface area contributed by atoms with E-state index in [-0.39, 0.29) is 0 Å². The molecule has 1 aromatic rings. The molecular weight excluding hydrogens is 224 g/mol. The van der Waals surface area contributed by atoms with Gasteiger partial charge in [0.1, 0.15) is 0 Å². The van der Waals surface area contributed by atoms with Crippen molar-refractivity contribution in [1.82, 2.24) is 10.3 Å². The molecule has 0 amide bonds. The molecule has 18 heavy (non-hydrogen) atoms. The van der Waals surface area contributed by atoms with E-state index < -0.39 is 0 Å². The second kappa shape index (κ2) is 5.70. The van der Waals surface area contributed by atoms with Gasteiger partial charge >= 0.3 is 0 Å². The lowest BCUT2D eigenvalue weighted by atomic mass is 10.0. The Morgan fingerprint density at radius 1 is 1.22 bits per heavy atom. The minimum absolute atomic E-state index is 0.646. The highest BCUT2D eigenvalue weighted by atomic mass is 16.5. The third-order valence-corrected chi connectivity index (χ3v) is 4.03. The second-order valence-corrected chi connectivity index (χ2v) is 5.39. The summed E-state index contributed by atoms with van der Waals surface area (Å²) in [6.07, 6.45) is 8.63. The first-order valence-electron chi connectivity index (χ1n) is 7.27. The maximum Gasteiger partial charge on any atom is 0.213 e. The maximum absolute atomic E-state index is 5.78. The molecule has 1 N–H and O–H groups in total. The van der Waals surface area contributed by atoms with E-state index in [0.717, 1.165) is 25.3 Å². The molecular formula is C15H22N2O. The third kappa shape index (κ3) is 2.83. The van der Waals surface area contributed by atoms with Crippen molar-refractivity contribution in [2.75, 3.05) is 13.2 Å². The molecule has 3 rings (SSSR count). The van der Waals surface area contributed by atoms with Crippen LogP contribution in [0.4, 0.5) is 0 Å². The zero-order valence-electron chi connectivity index (χ0n) is 11.0. The number of piperidine rings is 1. The van der Waals surface area contributed by atoms with Crippen LogP contribution in [-0.2, 0) is 12.8 Å². The summed E-state index contributed by atoms with van der Waals surface area (Å²) in [6.45, 7) is 1.95. The van der Waals surface area contributed by atoms with E-state index >= 15 is 0 Å². The smallest absolute Gasteiger partial charge is 0.213 e. The molecule has 0 saturated carbocycles. The number of nitrogens with zero attached hydrogens (tertiary/aromatic N) is 1. The number of hydrogen-bond acceptors (Lipinski definition) is 3. The van der Waals surface area contributed by atoms with Gasteiger partial charge in [0.25, 0.3) is 0 Å². The molecule has 1 fully saturated rings. The predicted molar refractivity (Wildman–Crippen MR) is 72.0 cm³/mol. The van der Waals surface area contributed by atoms with Crippen LogP contribution in [0.5, 0.6) is 5.88 Å². The number of aryl methyl sites for hydroxylation is 2. The normalized spacial score (nSPS) is 22.8. The number of hydrogen-bond donors (Lipinski definition) is 1. The molecule has 98 valence electrons. The Balaban J connectivity index is 1.48. The Bertz CT molecular complexity index is 399. The summed E-state index contributed by atoms with van der Waals surface area (Å²) in [4.78, 5) is 4.59. The van der Waals surface area contributed by atoms with E-state index in [1.165, 1.54) is 49.9 Å². The molecule has 1 aromatic heterocycles. The lowest BCUT2D eigenvalue weighted by Crippen LogP contribution is -2.35. The number of rotatable bonds is 4. The molecule has 1 saturated heterocycles. The van der Waals surface area contributed by atoms with Gasteiger partial charge in [0.15, 0.2) is 0 Å². The molecule has 1 atom stereocenters. The van der Waals surface area contributed by atoms with Gasteiger partial charge in [-0.25, -0.2) is 4.98 Å². The molecule has 0 radical (unpaired) electrons. The van der Waals surface area contributed by atoms with Crippen molar-refractivity contribution in [2.45, 2.75) is 51.0 Å².